The molecule has 0 spiro atoms. The minimum atomic E-state index is -0.427. The van der Waals surface area contributed by atoms with Crippen LogP contribution in [0.25, 0.3) is 0 Å². The van der Waals surface area contributed by atoms with Crippen LogP contribution in [0.3, 0.4) is 0 Å². The van der Waals surface area contributed by atoms with Crippen LogP contribution in [-0.4, -0.2) is 30.9 Å². The molecule has 8 heteroatoms. The van der Waals surface area contributed by atoms with Gasteiger partial charge < -0.3 is 14.6 Å². The van der Waals surface area contributed by atoms with E-state index in [1.165, 1.54) is 19.4 Å². The Labute approximate surface area is 162 Å². The molecule has 0 aliphatic rings. The normalized spacial score (nSPS) is 10.7. The predicted octanol–water partition coefficient (Wildman–Crippen LogP) is 3.76. The lowest BCUT2D eigenvalue weighted by atomic mass is 10.2. The summed E-state index contributed by atoms with van der Waals surface area (Å²) < 4.78 is 12.0. The minimum Gasteiger partial charge on any atom is -0.507 e. The summed E-state index contributed by atoms with van der Waals surface area (Å²) in [4.78, 5) is 11.8. The van der Waals surface area contributed by atoms with Gasteiger partial charge in [0, 0.05) is 11.6 Å². The van der Waals surface area contributed by atoms with E-state index in [0.717, 1.165) is 14.5 Å². The summed E-state index contributed by atoms with van der Waals surface area (Å²) in [5.74, 6) is 0.642. The third-order valence-electron chi connectivity index (χ3n) is 3.12. The van der Waals surface area contributed by atoms with Crippen molar-refractivity contribution >= 4 is 44.0 Å². The first-order valence-corrected chi connectivity index (χ1v) is 8.76. The molecule has 0 saturated heterocycles. The van der Waals surface area contributed by atoms with Crippen LogP contribution >= 0.6 is 31.9 Å². The number of carbonyl (C=O) groups is 1. The highest BCUT2D eigenvalue weighted by Crippen LogP contribution is 2.34. The Kier molecular flexibility index (Phi) is 6.83. The molecule has 0 atom stereocenters. The van der Waals surface area contributed by atoms with Gasteiger partial charge >= 0.3 is 0 Å². The number of halogens is 2. The first kappa shape index (κ1) is 19.3. The molecule has 0 saturated carbocycles. The van der Waals surface area contributed by atoms with Gasteiger partial charge in [-0.25, -0.2) is 5.43 Å². The first-order valence-electron chi connectivity index (χ1n) is 7.18. The zero-order chi connectivity index (χ0) is 18.4. The van der Waals surface area contributed by atoms with E-state index < -0.39 is 5.91 Å². The number of ether oxygens (including phenoxy) is 2. The number of hydrogen-bond acceptors (Lipinski definition) is 5. The topological polar surface area (TPSA) is 80.2 Å². The van der Waals surface area contributed by atoms with Crippen LogP contribution in [0.4, 0.5) is 0 Å². The zero-order valence-electron chi connectivity index (χ0n) is 13.5. The lowest BCUT2D eigenvalue weighted by Crippen LogP contribution is -2.24. The Balaban J connectivity index is 1.91. The van der Waals surface area contributed by atoms with Gasteiger partial charge in [0.2, 0.25) is 0 Å². The minimum absolute atomic E-state index is 0.00103. The smallest absolute Gasteiger partial charge is 0.277 e. The SMILES string of the molecule is COc1ccc(/C=N/NC(=O)COc2c(Br)cc(C)cc2Br)c(O)c1. The van der Waals surface area contributed by atoms with E-state index in [1.807, 2.05) is 19.1 Å². The number of aromatic hydroxyl groups is 1. The summed E-state index contributed by atoms with van der Waals surface area (Å²) >= 11 is 6.79. The largest absolute Gasteiger partial charge is 0.507 e. The number of phenols is 1. The Morgan fingerprint density at radius 1 is 1.28 bits per heavy atom. The van der Waals surface area contributed by atoms with Crippen molar-refractivity contribution in [3.63, 3.8) is 0 Å². The van der Waals surface area contributed by atoms with E-state index >= 15 is 0 Å². The Morgan fingerprint density at radius 3 is 2.56 bits per heavy atom. The van der Waals surface area contributed by atoms with Crippen LogP contribution < -0.4 is 14.9 Å². The fourth-order valence-electron chi connectivity index (χ4n) is 1.93. The number of carbonyl (C=O) groups excluding carboxylic acids is 1. The molecule has 0 aromatic heterocycles. The van der Waals surface area contributed by atoms with Crippen molar-refractivity contribution in [2.45, 2.75) is 6.92 Å². The highest BCUT2D eigenvalue weighted by molar-refractivity contribution is 9.11. The second-order valence-corrected chi connectivity index (χ2v) is 6.77. The van der Waals surface area contributed by atoms with Crippen molar-refractivity contribution in [2.24, 2.45) is 5.10 Å². The first-order chi connectivity index (χ1) is 11.9. The van der Waals surface area contributed by atoms with E-state index in [9.17, 15) is 9.90 Å². The fraction of sp³-hybridized carbons (Fsp3) is 0.176. The number of aryl methyl sites for hydroxylation is 1. The van der Waals surface area contributed by atoms with Crippen molar-refractivity contribution in [3.8, 4) is 17.2 Å². The molecule has 2 aromatic carbocycles. The van der Waals surface area contributed by atoms with Crippen LogP contribution in [0.15, 0.2) is 44.4 Å². The molecular weight excluding hydrogens is 456 g/mol. The number of nitrogens with zero attached hydrogens (tertiary/aromatic N) is 1. The lowest BCUT2D eigenvalue weighted by molar-refractivity contribution is -0.123. The Bertz CT molecular complexity index is 786. The predicted molar refractivity (Wildman–Crippen MR) is 102 cm³/mol. The van der Waals surface area contributed by atoms with Gasteiger partial charge in [0.1, 0.15) is 17.2 Å². The van der Waals surface area contributed by atoms with Crippen LogP contribution in [-0.2, 0) is 4.79 Å². The molecule has 2 rings (SSSR count). The summed E-state index contributed by atoms with van der Waals surface area (Å²) in [5.41, 5.74) is 3.85. The molecule has 0 aliphatic carbocycles. The van der Waals surface area contributed by atoms with Crippen molar-refractivity contribution in [1.82, 2.24) is 5.43 Å². The number of nitrogens with one attached hydrogen (secondary N) is 1. The maximum absolute atomic E-state index is 11.8. The second kappa shape index (κ2) is 8.87. The molecule has 0 bridgehead atoms. The zero-order valence-corrected chi connectivity index (χ0v) is 16.7. The standard InChI is InChI=1S/C17H16Br2N2O4/c1-10-5-13(18)17(14(19)6-10)25-9-16(23)21-20-8-11-3-4-12(24-2)7-15(11)22/h3-8,22H,9H2,1-2H3,(H,21,23)/b20-8+. The number of hydrazone groups is 1. The van der Waals surface area contributed by atoms with E-state index in [-0.39, 0.29) is 12.4 Å². The number of benzene rings is 2. The van der Waals surface area contributed by atoms with Crippen molar-refractivity contribution in [1.29, 1.82) is 0 Å². The summed E-state index contributed by atoms with van der Waals surface area (Å²) in [7, 11) is 1.51. The molecule has 2 aromatic rings. The van der Waals surface area contributed by atoms with Gasteiger partial charge in [-0.2, -0.15) is 5.10 Å². The van der Waals surface area contributed by atoms with Gasteiger partial charge in [-0.3, -0.25) is 4.79 Å². The van der Waals surface area contributed by atoms with Gasteiger partial charge in [0.15, 0.2) is 6.61 Å². The molecule has 0 unspecified atom stereocenters. The lowest BCUT2D eigenvalue weighted by Gasteiger charge is -2.10. The van der Waals surface area contributed by atoms with Gasteiger partial charge in [-0.15, -0.1) is 0 Å². The Morgan fingerprint density at radius 2 is 1.96 bits per heavy atom. The summed E-state index contributed by atoms with van der Waals surface area (Å²) in [6.07, 6.45) is 1.34. The molecule has 2 N–H and O–H groups in total. The third-order valence-corrected chi connectivity index (χ3v) is 4.30. The Hall–Kier alpha value is -2.06. The molecular formula is C17H16Br2N2O4. The van der Waals surface area contributed by atoms with Crippen LogP contribution in [0, 0.1) is 6.92 Å². The van der Waals surface area contributed by atoms with Crippen molar-refractivity contribution < 1.29 is 19.4 Å². The average molecular weight is 472 g/mol. The van der Waals surface area contributed by atoms with E-state index in [2.05, 4.69) is 42.4 Å². The molecule has 0 heterocycles. The average Bonchev–Trinajstić information content (AvgIpc) is 2.55. The quantitative estimate of drug-likeness (QED) is 0.496. The number of phenolic OH excluding ortho intramolecular Hbond substituents is 1. The van der Waals surface area contributed by atoms with Gasteiger partial charge in [0.25, 0.3) is 5.91 Å². The molecule has 25 heavy (non-hydrogen) atoms. The van der Waals surface area contributed by atoms with Crippen molar-refractivity contribution in [3.05, 3.63) is 50.4 Å². The number of rotatable bonds is 6. The number of methoxy groups -OCH3 is 1. The van der Waals surface area contributed by atoms with E-state index in [4.69, 9.17) is 9.47 Å². The number of hydrogen-bond donors (Lipinski definition) is 2. The molecule has 0 aliphatic heterocycles. The highest BCUT2D eigenvalue weighted by Gasteiger charge is 2.10. The van der Waals surface area contributed by atoms with Crippen LogP contribution in [0.1, 0.15) is 11.1 Å². The maximum Gasteiger partial charge on any atom is 0.277 e. The molecule has 1 amide bonds. The maximum atomic E-state index is 11.8. The monoisotopic (exact) mass is 470 g/mol. The highest BCUT2D eigenvalue weighted by atomic mass is 79.9. The van der Waals surface area contributed by atoms with Crippen molar-refractivity contribution in [2.75, 3.05) is 13.7 Å². The van der Waals surface area contributed by atoms with Gasteiger partial charge in [-0.05, 0) is 68.6 Å². The molecule has 6 nitrogen and oxygen atoms in total. The number of amides is 1. The molecule has 132 valence electrons. The van der Waals surface area contributed by atoms with Crippen LogP contribution in [0.2, 0.25) is 0 Å². The summed E-state index contributed by atoms with van der Waals surface area (Å²) in [6.45, 7) is 1.75. The van der Waals surface area contributed by atoms with E-state index in [1.54, 1.807) is 12.1 Å². The third kappa shape index (κ3) is 5.47. The molecule has 0 fully saturated rings. The van der Waals surface area contributed by atoms with Crippen LogP contribution in [0.5, 0.6) is 17.2 Å². The van der Waals surface area contributed by atoms with Gasteiger partial charge in [-0.1, -0.05) is 0 Å². The summed E-state index contributed by atoms with van der Waals surface area (Å²) in [5, 5.41) is 13.6. The van der Waals surface area contributed by atoms with E-state index in [0.29, 0.717) is 17.1 Å². The fourth-order valence-corrected chi connectivity index (χ4v) is 3.57. The summed E-state index contributed by atoms with van der Waals surface area (Å²) in [6, 6.07) is 8.54. The molecule has 0 radical (unpaired) electrons. The second-order valence-electron chi connectivity index (χ2n) is 5.06. The van der Waals surface area contributed by atoms with Gasteiger partial charge in [0.05, 0.1) is 22.3 Å².